The Labute approximate surface area is 113 Å². The van der Waals surface area contributed by atoms with Crippen molar-refractivity contribution in [3.05, 3.63) is 30.1 Å². The molecule has 0 atom stereocenters. The first-order valence-electron chi connectivity index (χ1n) is 7.03. The van der Waals surface area contributed by atoms with Crippen molar-refractivity contribution < 1.29 is 4.74 Å². The van der Waals surface area contributed by atoms with Crippen molar-refractivity contribution in [2.24, 2.45) is 5.92 Å². The van der Waals surface area contributed by atoms with Crippen LogP contribution in [-0.2, 0) is 17.8 Å². The Hall–Kier alpha value is -1.39. The molecule has 1 aliphatic rings. The third-order valence-corrected chi connectivity index (χ3v) is 3.88. The molecule has 1 saturated heterocycles. The second kappa shape index (κ2) is 5.72. The Bertz CT molecular complexity index is 543. The summed E-state index contributed by atoms with van der Waals surface area (Å²) in [5, 5.41) is 4.50. The molecule has 0 bridgehead atoms. The van der Waals surface area contributed by atoms with E-state index in [1.54, 1.807) is 0 Å². The van der Waals surface area contributed by atoms with Crippen molar-refractivity contribution >= 4 is 11.0 Å². The third-order valence-electron chi connectivity index (χ3n) is 3.88. The predicted octanol–water partition coefficient (Wildman–Crippen LogP) is 2.18. The Balaban J connectivity index is 1.89. The van der Waals surface area contributed by atoms with Crippen molar-refractivity contribution in [3.8, 4) is 0 Å². The fraction of sp³-hybridized carbons (Fsp3) is 0.533. The lowest BCUT2D eigenvalue weighted by Crippen LogP contribution is -2.20. The van der Waals surface area contributed by atoms with Crippen molar-refractivity contribution in [2.45, 2.75) is 25.9 Å². The van der Waals surface area contributed by atoms with Gasteiger partial charge in [0.25, 0.3) is 0 Å². The summed E-state index contributed by atoms with van der Waals surface area (Å²) < 4.78 is 7.75. The highest BCUT2D eigenvalue weighted by Crippen LogP contribution is 2.23. The van der Waals surface area contributed by atoms with Crippen LogP contribution in [0.1, 0.15) is 18.4 Å². The molecule has 1 aliphatic heterocycles. The zero-order chi connectivity index (χ0) is 13.1. The van der Waals surface area contributed by atoms with Crippen LogP contribution in [0.25, 0.3) is 11.0 Å². The fourth-order valence-electron chi connectivity index (χ4n) is 2.87. The van der Waals surface area contributed by atoms with Crippen molar-refractivity contribution in [1.82, 2.24) is 14.9 Å². The Morgan fingerprint density at radius 1 is 1.42 bits per heavy atom. The number of nitrogens with zero attached hydrogens (tertiary/aromatic N) is 2. The van der Waals surface area contributed by atoms with E-state index in [1.165, 1.54) is 10.9 Å². The van der Waals surface area contributed by atoms with Gasteiger partial charge < -0.3 is 14.6 Å². The van der Waals surface area contributed by atoms with Crippen LogP contribution in [0.3, 0.4) is 0 Å². The largest absolute Gasteiger partial charge is 0.381 e. The molecule has 102 valence electrons. The van der Waals surface area contributed by atoms with Gasteiger partial charge in [0.15, 0.2) is 0 Å². The molecule has 3 heterocycles. The average molecular weight is 259 g/mol. The van der Waals surface area contributed by atoms with Crippen LogP contribution in [0.2, 0.25) is 0 Å². The molecule has 0 spiro atoms. The maximum absolute atomic E-state index is 5.43. The van der Waals surface area contributed by atoms with Crippen molar-refractivity contribution in [3.63, 3.8) is 0 Å². The zero-order valence-electron chi connectivity index (χ0n) is 11.4. The van der Waals surface area contributed by atoms with E-state index in [-0.39, 0.29) is 0 Å². The van der Waals surface area contributed by atoms with Crippen LogP contribution in [0.4, 0.5) is 0 Å². The summed E-state index contributed by atoms with van der Waals surface area (Å²) in [5.41, 5.74) is 2.44. The smallest absolute Gasteiger partial charge is 0.140 e. The number of fused-ring (bicyclic) bond motifs is 1. The van der Waals surface area contributed by atoms with E-state index in [0.717, 1.165) is 44.8 Å². The number of rotatable bonds is 4. The van der Waals surface area contributed by atoms with E-state index < -0.39 is 0 Å². The highest BCUT2D eigenvalue weighted by Gasteiger charge is 2.16. The number of pyridine rings is 1. The molecule has 3 rings (SSSR count). The number of hydrogen-bond acceptors (Lipinski definition) is 3. The SMILES string of the molecule is CNCc1cn(CC2CCOCC2)c2ncccc12. The van der Waals surface area contributed by atoms with E-state index >= 15 is 0 Å². The van der Waals surface area contributed by atoms with Crippen LogP contribution in [0.15, 0.2) is 24.5 Å². The van der Waals surface area contributed by atoms with E-state index in [4.69, 9.17) is 4.74 Å². The van der Waals surface area contributed by atoms with Crippen molar-refractivity contribution in [2.75, 3.05) is 20.3 Å². The van der Waals surface area contributed by atoms with Gasteiger partial charge in [-0.25, -0.2) is 4.98 Å². The van der Waals surface area contributed by atoms with Crippen LogP contribution in [0.5, 0.6) is 0 Å². The minimum absolute atomic E-state index is 0.716. The summed E-state index contributed by atoms with van der Waals surface area (Å²) in [6, 6.07) is 4.18. The van der Waals surface area contributed by atoms with Gasteiger partial charge in [0.05, 0.1) is 0 Å². The predicted molar refractivity (Wildman–Crippen MR) is 76.0 cm³/mol. The van der Waals surface area contributed by atoms with E-state index in [1.807, 2.05) is 19.3 Å². The van der Waals surface area contributed by atoms with Crippen molar-refractivity contribution in [1.29, 1.82) is 0 Å². The standard InChI is InChI=1S/C15H21N3O/c1-16-9-13-11-18(10-12-4-7-19-8-5-12)15-14(13)3-2-6-17-15/h2-3,6,11-12,16H,4-5,7-10H2,1H3. The molecule has 4 heteroatoms. The van der Waals surface area contributed by atoms with Gasteiger partial charge in [-0.2, -0.15) is 0 Å². The summed E-state index contributed by atoms with van der Waals surface area (Å²) in [4.78, 5) is 4.55. The Kier molecular flexibility index (Phi) is 3.80. The van der Waals surface area contributed by atoms with Crippen LogP contribution in [0, 0.1) is 5.92 Å². The van der Waals surface area contributed by atoms with Crippen LogP contribution in [-0.4, -0.2) is 29.8 Å². The van der Waals surface area contributed by atoms with Crippen LogP contribution < -0.4 is 5.32 Å². The minimum atomic E-state index is 0.716. The minimum Gasteiger partial charge on any atom is -0.381 e. The second-order valence-electron chi connectivity index (χ2n) is 5.27. The van der Waals surface area contributed by atoms with Gasteiger partial charge in [0.1, 0.15) is 5.65 Å². The molecule has 0 radical (unpaired) electrons. The molecular weight excluding hydrogens is 238 g/mol. The molecule has 19 heavy (non-hydrogen) atoms. The molecule has 1 fully saturated rings. The number of aromatic nitrogens is 2. The number of hydrogen-bond donors (Lipinski definition) is 1. The lowest BCUT2D eigenvalue weighted by Gasteiger charge is -2.22. The summed E-state index contributed by atoms with van der Waals surface area (Å²) >= 11 is 0. The third kappa shape index (κ3) is 2.65. The second-order valence-corrected chi connectivity index (χ2v) is 5.27. The summed E-state index contributed by atoms with van der Waals surface area (Å²) in [5.74, 6) is 0.716. The average Bonchev–Trinajstić information content (AvgIpc) is 2.79. The van der Waals surface area contributed by atoms with Gasteiger partial charge in [0.2, 0.25) is 0 Å². The summed E-state index contributed by atoms with van der Waals surface area (Å²) in [6.45, 7) is 3.75. The van der Waals surface area contributed by atoms with Gasteiger partial charge in [-0.15, -0.1) is 0 Å². The van der Waals surface area contributed by atoms with Gasteiger partial charge >= 0.3 is 0 Å². The number of ether oxygens (including phenoxy) is 1. The number of nitrogens with one attached hydrogen (secondary N) is 1. The molecule has 4 nitrogen and oxygen atoms in total. The molecular formula is C15H21N3O. The summed E-state index contributed by atoms with van der Waals surface area (Å²) in [7, 11) is 1.98. The topological polar surface area (TPSA) is 39.1 Å². The maximum Gasteiger partial charge on any atom is 0.140 e. The lowest BCUT2D eigenvalue weighted by molar-refractivity contribution is 0.0616. The van der Waals surface area contributed by atoms with E-state index in [2.05, 4.69) is 27.1 Å². The molecule has 0 aromatic carbocycles. The molecule has 0 unspecified atom stereocenters. The molecule has 0 amide bonds. The lowest BCUT2D eigenvalue weighted by atomic mass is 10.0. The molecule has 0 saturated carbocycles. The van der Waals surface area contributed by atoms with Gasteiger partial charge in [-0.1, -0.05) is 0 Å². The molecule has 2 aromatic heterocycles. The first kappa shape index (κ1) is 12.6. The highest BCUT2D eigenvalue weighted by molar-refractivity contribution is 5.80. The monoisotopic (exact) mass is 259 g/mol. The van der Waals surface area contributed by atoms with Gasteiger partial charge in [-0.05, 0) is 43.5 Å². The summed E-state index contributed by atoms with van der Waals surface area (Å²) in [6.07, 6.45) is 6.46. The van der Waals surface area contributed by atoms with Gasteiger partial charge in [-0.3, -0.25) is 0 Å². The maximum atomic E-state index is 5.43. The zero-order valence-corrected chi connectivity index (χ0v) is 11.4. The van der Waals surface area contributed by atoms with E-state index in [9.17, 15) is 0 Å². The van der Waals surface area contributed by atoms with Gasteiger partial charge in [0, 0.05) is 44.1 Å². The first-order chi connectivity index (χ1) is 9.38. The Morgan fingerprint density at radius 3 is 3.05 bits per heavy atom. The Morgan fingerprint density at radius 2 is 2.26 bits per heavy atom. The van der Waals surface area contributed by atoms with E-state index in [0.29, 0.717) is 5.92 Å². The van der Waals surface area contributed by atoms with Crippen LogP contribution >= 0.6 is 0 Å². The normalized spacial score (nSPS) is 17.1. The molecule has 2 aromatic rings. The quantitative estimate of drug-likeness (QED) is 0.914. The molecule has 0 aliphatic carbocycles. The highest BCUT2D eigenvalue weighted by atomic mass is 16.5. The fourth-order valence-corrected chi connectivity index (χ4v) is 2.87. The first-order valence-corrected chi connectivity index (χ1v) is 7.03. The molecule has 1 N–H and O–H groups in total.